The summed E-state index contributed by atoms with van der Waals surface area (Å²) in [7, 11) is 0. The lowest BCUT2D eigenvalue weighted by Crippen LogP contribution is -2.47. The van der Waals surface area contributed by atoms with Gasteiger partial charge in [0.05, 0.1) is 12.6 Å². The summed E-state index contributed by atoms with van der Waals surface area (Å²) in [5.74, 6) is -2.94. The number of carboxylic acid groups (broad SMARTS) is 1. The monoisotopic (exact) mass is 531 g/mol. The second kappa shape index (κ2) is 13.4. The molecule has 0 aliphatic heterocycles. The Morgan fingerprint density at radius 2 is 1.89 bits per heavy atom. The Kier molecular flexibility index (Phi) is 10.0. The third-order valence-electron chi connectivity index (χ3n) is 5.02. The molecule has 37 heavy (non-hydrogen) atoms. The smallest absolute Gasteiger partial charge is 0.333 e. The zero-order valence-corrected chi connectivity index (χ0v) is 20.7. The van der Waals surface area contributed by atoms with Gasteiger partial charge in [0.2, 0.25) is 12.6 Å². The lowest BCUT2D eigenvalue weighted by molar-refractivity contribution is -0.150. The first kappa shape index (κ1) is 27.7. The number of halogens is 1. The number of aliphatic hydroxyl groups is 1. The number of carbonyl (C=O) groups is 3. The zero-order chi connectivity index (χ0) is 26.8. The second-order valence-electron chi connectivity index (χ2n) is 7.94. The van der Waals surface area contributed by atoms with Crippen molar-refractivity contribution in [2.24, 2.45) is 0 Å². The normalized spacial score (nSPS) is 11.7. The molecule has 1 aromatic heterocycles. The van der Waals surface area contributed by atoms with E-state index < -0.39 is 37.3 Å². The highest BCUT2D eigenvalue weighted by molar-refractivity contribution is 6.30. The van der Waals surface area contributed by atoms with Crippen molar-refractivity contribution >= 4 is 29.4 Å². The minimum absolute atomic E-state index is 0.0801. The van der Waals surface area contributed by atoms with Gasteiger partial charge in [-0.1, -0.05) is 54.9 Å². The number of hydrogen-bond acceptors (Lipinski definition) is 9. The van der Waals surface area contributed by atoms with E-state index in [1.807, 2.05) is 49.4 Å². The van der Waals surface area contributed by atoms with Crippen molar-refractivity contribution in [3.63, 3.8) is 0 Å². The SMILES string of the molecule is CCCC(=O)OCOc1cc(C(=O)NN(Cc2ccc(-c3cccc(Cl)c3)cc2)C[C@@H](O)C(=O)O)on1. The molecule has 0 spiro atoms. The van der Waals surface area contributed by atoms with E-state index in [2.05, 4.69) is 10.6 Å². The third-order valence-corrected chi connectivity index (χ3v) is 5.25. The standard InChI is InChI=1S/C25H26ClN3O8/c1-2-4-23(31)36-15-35-22-12-21(37-28-22)24(32)27-29(14-20(30)25(33)34)13-16-7-9-17(10-8-16)18-5-3-6-19(26)11-18/h3,5-12,20,30H,2,4,13-15H2,1H3,(H,27,32)(H,33,34)/t20-/m1/s1. The lowest BCUT2D eigenvalue weighted by Gasteiger charge is -2.24. The molecule has 196 valence electrons. The fraction of sp³-hybridized carbons (Fsp3) is 0.280. The van der Waals surface area contributed by atoms with Crippen LogP contribution in [0.15, 0.2) is 59.1 Å². The molecule has 0 fully saturated rings. The van der Waals surface area contributed by atoms with Crippen LogP contribution < -0.4 is 10.2 Å². The molecule has 11 nitrogen and oxygen atoms in total. The summed E-state index contributed by atoms with van der Waals surface area (Å²) in [6, 6.07) is 15.9. The van der Waals surface area contributed by atoms with Crippen molar-refractivity contribution < 1.29 is 38.6 Å². The number of hydrogen-bond donors (Lipinski definition) is 3. The Balaban J connectivity index is 1.64. The van der Waals surface area contributed by atoms with Crippen molar-refractivity contribution in [2.75, 3.05) is 13.3 Å². The van der Waals surface area contributed by atoms with E-state index in [0.717, 1.165) is 16.7 Å². The molecule has 0 saturated carbocycles. The molecule has 12 heteroatoms. The molecule has 0 aliphatic rings. The highest BCUT2D eigenvalue weighted by Crippen LogP contribution is 2.23. The van der Waals surface area contributed by atoms with Gasteiger partial charge in [-0.25, -0.2) is 9.80 Å². The molecule has 3 aromatic rings. The molecule has 0 saturated heterocycles. The molecule has 0 unspecified atom stereocenters. The first-order valence-electron chi connectivity index (χ1n) is 11.3. The highest BCUT2D eigenvalue weighted by atomic mass is 35.5. The van der Waals surface area contributed by atoms with E-state index >= 15 is 0 Å². The Hall–Kier alpha value is -3.93. The maximum absolute atomic E-state index is 12.7. The van der Waals surface area contributed by atoms with Crippen LogP contribution in [0.25, 0.3) is 11.1 Å². The summed E-state index contributed by atoms with van der Waals surface area (Å²) < 4.78 is 15.0. The van der Waals surface area contributed by atoms with Crippen LogP contribution in [-0.4, -0.2) is 57.7 Å². The second-order valence-corrected chi connectivity index (χ2v) is 8.38. The van der Waals surface area contributed by atoms with E-state index in [-0.39, 0.29) is 24.6 Å². The van der Waals surface area contributed by atoms with Crippen LogP contribution in [0.3, 0.4) is 0 Å². The summed E-state index contributed by atoms with van der Waals surface area (Å²) in [6.45, 7) is 1.12. The average molecular weight is 532 g/mol. The van der Waals surface area contributed by atoms with E-state index in [9.17, 15) is 19.5 Å². The predicted molar refractivity (Wildman–Crippen MR) is 131 cm³/mol. The molecular weight excluding hydrogens is 506 g/mol. The number of rotatable bonds is 13. The Morgan fingerprint density at radius 1 is 1.14 bits per heavy atom. The molecule has 0 radical (unpaired) electrons. The maximum Gasteiger partial charge on any atom is 0.333 e. The number of carbonyl (C=O) groups excluding carboxylic acids is 2. The quantitative estimate of drug-likeness (QED) is 0.170. The molecule has 3 rings (SSSR count). The van der Waals surface area contributed by atoms with E-state index in [1.54, 1.807) is 6.07 Å². The van der Waals surface area contributed by atoms with Crippen molar-refractivity contribution in [1.29, 1.82) is 0 Å². The number of nitrogens with one attached hydrogen (secondary N) is 1. The van der Waals surface area contributed by atoms with Crippen molar-refractivity contribution in [3.8, 4) is 17.0 Å². The maximum atomic E-state index is 12.7. The van der Waals surface area contributed by atoms with Gasteiger partial charge in [-0.05, 0) is 40.4 Å². The highest BCUT2D eigenvalue weighted by Gasteiger charge is 2.22. The first-order chi connectivity index (χ1) is 17.7. The fourth-order valence-corrected chi connectivity index (χ4v) is 3.38. The number of aliphatic carboxylic acids is 1. The van der Waals surface area contributed by atoms with Crippen LogP contribution in [0.1, 0.15) is 35.9 Å². The van der Waals surface area contributed by atoms with Gasteiger partial charge in [-0.2, -0.15) is 0 Å². The van der Waals surface area contributed by atoms with Crippen molar-refractivity contribution in [2.45, 2.75) is 32.4 Å². The van der Waals surface area contributed by atoms with Crippen LogP contribution in [-0.2, 0) is 20.9 Å². The molecule has 1 atom stereocenters. The predicted octanol–water partition coefficient (Wildman–Crippen LogP) is 3.27. The molecule has 0 bridgehead atoms. The van der Waals surface area contributed by atoms with Crippen LogP contribution in [0.2, 0.25) is 5.02 Å². The van der Waals surface area contributed by atoms with E-state index in [4.69, 9.17) is 30.7 Å². The van der Waals surface area contributed by atoms with Gasteiger partial charge in [-0.15, -0.1) is 0 Å². The van der Waals surface area contributed by atoms with Crippen LogP contribution in [0.4, 0.5) is 0 Å². The Labute approximate surface area is 217 Å². The van der Waals surface area contributed by atoms with Gasteiger partial charge in [0, 0.05) is 18.0 Å². The summed E-state index contributed by atoms with van der Waals surface area (Å²) in [5.41, 5.74) is 5.08. The van der Waals surface area contributed by atoms with Gasteiger partial charge in [-0.3, -0.25) is 15.0 Å². The molecule has 0 aliphatic carbocycles. The number of amides is 1. The first-order valence-corrected chi connectivity index (χ1v) is 11.7. The molecule has 1 amide bonds. The number of nitrogens with zero attached hydrogens (tertiary/aromatic N) is 2. The topological polar surface area (TPSA) is 151 Å². The molecular formula is C25H26ClN3O8. The molecule has 2 aromatic carbocycles. The van der Waals surface area contributed by atoms with Crippen molar-refractivity contribution in [1.82, 2.24) is 15.6 Å². The van der Waals surface area contributed by atoms with E-state index in [0.29, 0.717) is 11.4 Å². The largest absolute Gasteiger partial charge is 0.479 e. The summed E-state index contributed by atoms with van der Waals surface area (Å²) >= 11 is 6.06. The number of hydrazine groups is 1. The van der Waals surface area contributed by atoms with Crippen LogP contribution >= 0.6 is 11.6 Å². The van der Waals surface area contributed by atoms with E-state index in [1.165, 1.54) is 11.1 Å². The Morgan fingerprint density at radius 3 is 2.57 bits per heavy atom. The average Bonchev–Trinajstić information content (AvgIpc) is 3.33. The Bertz CT molecular complexity index is 1210. The molecule has 3 N–H and O–H groups in total. The fourth-order valence-electron chi connectivity index (χ4n) is 3.19. The summed E-state index contributed by atoms with van der Waals surface area (Å²) in [5, 5.41) is 24.4. The number of esters is 1. The van der Waals surface area contributed by atoms with Gasteiger partial charge >= 0.3 is 17.8 Å². The number of ether oxygens (including phenoxy) is 2. The number of aliphatic hydroxyl groups excluding tert-OH is 1. The summed E-state index contributed by atoms with van der Waals surface area (Å²) in [4.78, 5) is 35.2. The van der Waals surface area contributed by atoms with Crippen molar-refractivity contribution in [3.05, 3.63) is 70.9 Å². The van der Waals surface area contributed by atoms with Gasteiger partial charge in [0.25, 0.3) is 5.88 Å². The molecule has 1 heterocycles. The zero-order valence-electron chi connectivity index (χ0n) is 19.9. The van der Waals surface area contributed by atoms with Gasteiger partial charge < -0.3 is 24.2 Å². The summed E-state index contributed by atoms with van der Waals surface area (Å²) in [6.07, 6.45) is -0.874. The lowest BCUT2D eigenvalue weighted by atomic mass is 10.0. The number of aromatic nitrogens is 1. The number of carboxylic acids is 1. The number of benzene rings is 2. The van der Waals surface area contributed by atoms with Gasteiger partial charge in [0.1, 0.15) is 0 Å². The van der Waals surface area contributed by atoms with Gasteiger partial charge in [0.15, 0.2) is 6.10 Å². The minimum atomic E-state index is -1.75. The third kappa shape index (κ3) is 8.60. The van der Waals surface area contributed by atoms with Crippen LogP contribution in [0, 0.1) is 0 Å². The minimum Gasteiger partial charge on any atom is -0.479 e. The van der Waals surface area contributed by atoms with Crippen LogP contribution in [0.5, 0.6) is 5.88 Å².